The molecule has 0 fully saturated rings. The number of methoxy groups -OCH3 is 1. The van der Waals surface area contributed by atoms with Crippen molar-refractivity contribution in [3.63, 3.8) is 0 Å². The summed E-state index contributed by atoms with van der Waals surface area (Å²) in [5.41, 5.74) is 1.45. The summed E-state index contributed by atoms with van der Waals surface area (Å²) in [5.74, 6) is 0.423. The zero-order valence-electron chi connectivity index (χ0n) is 16.8. The largest absolute Gasteiger partial charge is 0.496 e. The van der Waals surface area contributed by atoms with Gasteiger partial charge in [0.2, 0.25) is 0 Å². The molecule has 0 bridgehead atoms. The molecule has 0 saturated carbocycles. The highest BCUT2D eigenvalue weighted by Crippen LogP contribution is 2.26. The average Bonchev–Trinajstić information content (AvgIpc) is 2.75. The lowest BCUT2D eigenvalue weighted by Gasteiger charge is -2.19. The number of hydrogen-bond donors (Lipinski definition) is 1. The number of carbonyl (C=O) groups is 1. The Morgan fingerprint density at radius 2 is 1.74 bits per heavy atom. The molecular weight excluding hydrogens is 459 g/mol. The van der Waals surface area contributed by atoms with E-state index in [-0.39, 0.29) is 26.5 Å². The van der Waals surface area contributed by atoms with E-state index >= 15 is 0 Å². The SMILES string of the molecule is COc1ccccc1CN(C)C(=O)c1cccc(NS(=O)(=O)c2ccc(Cl)c(Cl)c2)c1. The van der Waals surface area contributed by atoms with E-state index in [9.17, 15) is 13.2 Å². The molecule has 9 heteroatoms. The second-order valence-electron chi connectivity index (χ2n) is 6.74. The molecule has 3 aromatic rings. The monoisotopic (exact) mass is 478 g/mol. The van der Waals surface area contributed by atoms with E-state index in [0.717, 1.165) is 5.56 Å². The summed E-state index contributed by atoms with van der Waals surface area (Å²) >= 11 is 11.8. The number of sulfonamides is 1. The van der Waals surface area contributed by atoms with Crippen molar-refractivity contribution in [3.8, 4) is 5.75 Å². The highest BCUT2D eigenvalue weighted by atomic mass is 35.5. The van der Waals surface area contributed by atoms with Gasteiger partial charge in [0.25, 0.3) is 15.9 Å². The average molecular weight is 479 g/mol. The van der Waals surface area contributed by atoms with Crippen molar-refractivity contribution in [2.75, 3.05) is 18.9 Å². The molecule has 3 aromatic carbocycles. The third-order valence-electron chi connectivity index (χ3n) is 4.51. The van der Waals surface area contributed by atoms with E-state index in [4.69, 9.17) is 27.9 Å². The molecule has 0 aliphatic heterocycles. The number of anilines is 1. The van der Waals surface area contributed by atoms with Gasteiger partial charge in [0, 0.05) is 30.4 Å². The molecule has 0 radical (unpaired) electrons. The minimum absolute atomic E-state index is 0.0353. The Labute approximate surface area is 191 Å². The van der Waals surface area contributed by atoms with Gasteiger partial charge in [-0.2, -0.15) is 0 Å². The number of rotatable bonds is 7. The van der Waals surface area contributed by atoms with Gasteiger partial charge in [-0.15, -0.1) is 0 Å². The van der Waals surface area contributed by atoms with Crippen molar-refractivity contribution in [2.45, 2.75) is 11.4 Å². The Morgan fingerprint density at radius 3 is 2.45 bits per heavy atom. The summed E-state index contributed by atoms with van der Waals surface area (Å²) in [6, 6.07) is 17.7. The third kappa shape index (κ3) is 5.50. The maximum Gasteiger partial charge on any atom is 0.261 e. The molecule has 1 amide bonds. The topological polar surface area (TPSA) is 75.7 Å². The Kier molecular flexibility index (Phi) is 7.10. The standard InChI is InChI=1S/C22H20Cl2N2O4S/c1-26(14-16-6-3-4-9-21(16)30-2)22(27)15-7-5-8-17(12-15)25-31(28,29)18-10-11-19(23)20(24)13-18/h3-13,25H,14H2,1-2H3. The molecule has 0 aliphatic carbocycles. The quantitative estimate of drug-likeness (QED) is 0.513. The second kappa shape index (κ2) is 9.60. The van der Waals surface area contributed by atoms with Gasteiger partial charge in [-0.05, 0) is 42.5 Å². The number of benzene rings is 3. The van der Waals surface area contributed by atoms with Crippen LogP contribution in [0.25, 0.3) is 0 Å². The number of nitrogens with zero attached hydrogens (tertiary/aromatic N) is 1. The lowest BCUT2D eigenvalue weighted by molar-refractivity contribution is 0.0784. The molecule has 0 atom stereocenters. The molecule has 0 heterocycles. The van der Waals surface area contributed by atoms with E-state index in [1.165, 1.54) is 29.2 Å². The van der Waals surface area contributed by atoms with Crippen LogP contribution < -0.4 is 9.46 Å². The number of ether oxygens (including phenoxy) is 1. The third-order valence-corrected chi connectivity index (χ3v) is 6.63. The lowest BCUT2D eigenvalue weighted by atomic mass is 10.1. The first kappa shape index (κ1) is 22.9. The first-order valence-electron chi connectivity index (χ1n) is 9.16. The molecule has 1 N–H and O–H groups in total. The van der Waals surface area contributed by atoms with Crippen LogP contribution in [0.3, 0.4) is 0 Å². The lowest BCUT2D eigenvalue weighted by Crippen LogP contribution is -2.26. The first-order valence-corrected chi connectivity index (χ1v) is 11.4. The van der Waals surface area contributed by atoms with E-state index in [1.54, 1.807) is 32.4 Å². The number of para-hydroxylation sites is 1. The number of hydrogen-bond acceptors (Lipinski definition) is 4. The van der Waals surface area contributed by atoms with Gasteiger partial charge >= 0.3 is 0 Å². The molecule has 0 aromatic heterocycles. The molecule has 162 valence electrons. The summed E-state index contributed by atoms with van der Waals surface area (Å²) in [5, 5.41) is 0.387. The summed E-state index contributed by atoms with van der Waals surface area (Å²) < 4.78 is 33.1. The zero-order valence-corrected chi connectivity index (χ0v) is 19.1. The van der Waals surface area contributed by atoms with Crippen LogP contribution >= 0.6 is 23.2 Å². The summed E-state index contributed by atoms with van der Waals surface area (Å²) in [6.07, 6.45) is 0. The van der Waals surface area contributed by atoms with Gasteiger partial charge in [-0.3, -0.25) is 9.52 Å². The molecule has 0 aliphatic rings. The van der Waals surface area contributed by atoms with Crippen LogP contribution in [-0.2, 0) is 16.6 Å². The molecule has 0 unspecified atom stereocenters. The second-order valence-corrected chi connectivity index (χ2v) is 9.23. The van der Waals surface area contributed by atoms with Gasteiger partial charge in [-0.25, -0.2) is 8.42 Å². The maximum absolute atomic E-state index is 12.9. The van der Waals surface area contributed by atoms with E-state index in [1.807, 2.05) is 24.3 Å². The minimum Gasteiger partial charge on any atom is -0.496 e. The normalized spacial score (nSPS) is 11.1. The van der Waals surface area contributed by atoms with E-state index in [2.05, 4.69) is 4.72 Å². The predicted molar refractivity (Wildman–Crippen MR) is 123 cm³/mol. The van der Waals surface area contributed by atoms with Gasteiger partial charge < -0.3 is 9.64 Å². The van der Waals surface area contributed by atoms with E-state index in [0.29, 0.717) is 17.9 Å². The molecule has 31 heavy (non-hydrogen) atoms. The van der Waals surface area contributed by atoms with Crippen LogP contribution in [0.5, 0.6) is 5.75 Å². The minimum atomic E-state index is -3.91. The summed E-state index contributed by atoms with van der Waals surface area (Å²) in [7, 11) is -0.666. The van der Waals surface area contributed by atoms with Crippen molar-refractivity contribution >= 4 is 44.8 Å². The van der Waals surface area contributed by atoms with Crippen molar-refractivity contribution in [1.82, 2.24) is 4.90 Å². The Hall–Kier alpha value is -2.74. The fourth-order valence-electron chi connectivity index (χ4n) is 2.96. The molecular formula is C22H20Cl2N2O4S. The van der Waals surface area contributed by atoms with Crippen LogP contribution in [0.15, 0.2) is 71.6 Å². The van der Waals surface area contributed by atoms with Gasteiger partial charge in [0.05, 0.1) is 22.1 Å². The van der Waals surface area contributed by atoms with Crippen molar-refractivity contribution < 1.29 is 17.9 Å². The molecule has 6 nitrogen and oxygen atoms in total. The van der Waals surface area contributed by atoms with Crippen molar-refractivity contribution in [2.24, 2.45) is 0 Å². The highest BCUT2D eigenvalue weighted by molar-refractivity contribution is 7.92. The summed E-state index contributed by atoms with van der Waals surface area (Å²) in [6.45, 7) is 0.335. The number of halogens is 2. The van der Waals surface area contributed by atoms with Crippen LogP contribution in [0, 0.1) is 0 Å². The van der Waals surface area contributed by atoms with Gasteiger partial charge in [0.15, 0.2) is 0 Å². The van der Waals surface area contributed by atoms with Gasteiger partial charge in [0.1, 0.15) is 5.75 Å². The molecule has 0 spiro atoms. The fraction of sp³-hybridized carbons (Fsp3) is 0.136. The van der Waals surface area contributed by atoms with Crippen LogP contribution in [0.2, 0.25) is 10.0 Å². The van der Waals surface area contributed by atoms with E-state index < -0.39 is 10.0 Å². The maximum atomic E-state index is 12.9. The zero-order chi connectivity index (χ0) is 22.6. The molecule has 3 rings (SSSR count). The van der Waals surface area contributed by atoms with Crippen LogP contribution in [-0.4, -0.2) is 33.4 Å². The number of carbonyl (C=O) groups excluding carboxylic acids is 1. The Balaban J connectivity index is 1.79. The fourth-order valence-corrected chi connectivity index (χ4v) is 4.39. The number of amides is 1. The number of nitrogens with one attached hydrogen (secondary N) is 1. The first-order chi connectivity index (χ1) is 14.7. The van der Waals surface area contributed by atoms with Crippen molar-refractivity contribution in [1.29, 1.82) is 0 Å². The predicted octanol–water partition coefficient (Wildman–Crippen LogP) is 5.08. The Morgan fingerprint density at radius 1 is 1.00 bits per heavy atom. The van der Waals surface area contributed by atoms with Gasteiger partial charge in [-0.1, -0.05) is 47.5 Å². The molecule has 0 saturated heterocycles. The summed E-state index contributed by atoms with van der Waals surface area (Å²) in [4.78, 5) is 14.4. The van der Waals surface area contributed by atoms with Crippen LogP contribution in [0.1, 0.15) is 15.9 Å². The van der Waals surface area contributed by atoms with Crippen molar-refractivity contribution in [3.05, 3.63) is 87.9 Å². The Bertz CT molecular complexity index is 1220. The highest BCUT2D eigenvalue weighted by Gasteiger charge is 2.18. The van der Waals surface area contributed by atoms with Crippen LogP contribution in [0.4, 0.5) is 5.69 Å². The smallest absolute Gasteiger partial charge is 0.261 e.